The molecule has 22 heavy (non-hydrogen) atoms. The van der Waals surface area contributed by atoms with Gasteiger partial charge in [-0.1, -0.05) is 42.5 Å². The Kier molecular flexibility index (Phi) is 4.59. The lowest BCUT2D eigenvalue weighted by Gasteiger charge is -2.26. The van der Waals surface area contributed by atoms with Gasteiger partial charge in [0.25, 0.3) is 0 Å². The molecule has 1 aliphatic rings. The molecule has 0 unspecified atom stereocenters. The first kappa shape index (κ1) is 14.9. The van der Waals surface area contributed by atoms with Crippen LogP contribution >= 0.6 is 0 Å². The van der Waals surface area contributed by atoms with Gasteiger partial charge >= 0.3 is 0 Å². The SMILES string of the molecule is COc1ccc(C2=CCN(Cc3ccccc3)CC2)cc1C. The summed E-state index contributed by atoms with van der Waals surface area (Å²) in [5.74, 6) is 0.964. The monoisotopic (exact) mass is 293 g/mol. The van der Waals surface area contributed by atoms with E-state index in [-0.39, 0.29) is 0 Å². The molecule has 0 saturated carbocycles. The summed E-state index contributed by atoms with van der Waals surface area (Å²) < 4.78 is 5.34. The Morgan fingerprint density at radius 2 is 1.91 bits per heavy atom. The molecular weight excluding hydrogens is 270 g/mol. The molecule has 2 nitrogen and oxygen atoms in total. The van der Waals surface area contributed by atoms with Crippen LogP contribution < -0.4 is 4.74 Å². The van der Waals surface area contributed by atoms with Crippen molar-refractivity contribution in [2.24, 2.45) is 0 Å². The Hall–Kier alpha value is -2.06. The Balaban J connectivity index is 1.67. The number of rotatable bonds is 4. The van der Waals surface area contributed by atoms with Gasteiger partial charge in [0.2, 0.25) is 0 Å². The second-order valence-electron chi connectivity index (χ2n) is 5.88. The quantitative estimate of drug-likeness (QED) is 0.833. The standard InChI is InChI=1S/C20H23NO/c1-16-14-19(8-9-20(16)22-2)18-10-12-21(13-11-18)15-17-6-4-3-5-7-17/h3-10,14H,11-13,15H2,1-2H3. The van der Waals surface area contributed by atoms with Gasteiger partial charge in [-0.15, -0.1) is 0 Å². The van der Waals surface area contributed by atoms with Gasteiger partial charge in [-0.2, -0.15) is 0 Å². The van der Waals surface area contributed by atoms with E-state index in [0.717, 1.165) is 31.8 Å². The molecule has 2 aromatic carbocycles. The molecule has 0 bridgehead atoms. The molecule has 0 fully saturated rings. The predicted octanol–water partition coefficient (Wildman–Crippen LogP) is 4.29. The second-order valence-corrected chi connectivity index (χ2v) is 5.88. The van der Waals surface area contributed by atoms with Crippen LogP contribution in [0, 0.1) is 6.92 Å². The lowest BCUT2D eigenvalue weighted by atomic mass is 9.97. The molecule has 3 rings (SSSR count). The van der Waals surface area contributed by atoms with Crippen molar-refractivity contribution >= 4 is 5.57 Å². The summed E-state index contributed by atoms with van der Waals surface area (Å²) in [5.41, 5.74) is 5.37. The number of benzene rings is 2. The summed E-state index contributed by atoms with van der Waals surface area (Å²) in [6.45, 7) is 5.28. The first-order valence-corrected chi connectivity index (χ1v) is 7.86. The van der Waals surface area contributed by atoms with E-state index in [1.807, 2.05) is 0 Å². The molecule has 114 valence electrons. The average molecular weight is 293 g/mol. The Labute approximate surface area is 133 Å². The average Bonchev–Trinajstić information content (AvgIpc) is 2.56. The van der Waals surface area contributed by atoms with Crippen LogP contribution in [0.5, 0.6) is 5.75 Å². The van der Waals surface area contributed by atoms with Crippen molar-refractivity contribution in [3.8, 4) is 5.75 Å². The fourth-order valence-corrected chi connectivity index (χ4v) is 3.04. The number of nitrogens with zero attached hydrogens (tertiary/aromatic N) is 1. The number of ether oxygens (including phenoxy) is 1. The smallest absolute Gasteiger partial charge is 0.121 e. The Morgan fingerprint density at radius 1 is 1.09 bits per heavy atom. The molecule has 0 spiro atoms. The first-order valence-electron chi connectivity index (χ1n) is 7.86. The van der Waals surface area contributed by atoms with E-state index in [2.05, 4.69) is 66.4 Å². The summed E-state index contributed by atoms with van der Waals surface area (Å²) in [5, 5.41) is 0. The van der Waals surface area contributed by atoms with Crippen LogP contribution in [0.15, 0.2) is 54.6 Å². The van der Waals surface area contributed by atoms with Crippen LogP contribution in [-0.2, 0) is 6.54 Å². The highest BCUT2D eigenvalue weighted by Crippen LogP contribution is 2.27. The molecule has 0 aliphatic carbocycles. The van der Waals surface area contributed by atoms with Gasteiger partial charge in [-0.05, 0) is 47.7 Å². The van der Waals surface area contributed by atoms with Crippen molar-refractivity contribution in [2.75, 3.05) is 20.2 Å². The molecular formula is C20H23NO. The molecule has 2 heteroatoms. The van der Waals surface area contributed by atoms with Gasteiger partial charge in [-0.3, -0.25) is 4.90 Å². The summed E-state index contributed by atoms with van der Waals surface area (Å²) >= 11 is 0. The summed E-state index contributed by atoms with van der Waals surface area (Å²) in [7, 11) is 1.73. The van der Waals surface area contributed by atoms with Gasteiger partial charge in [0, 0.05) is 19.6 Å². The molecule has 2 aromatic rings. The van der Waals surface area contributed by atoms with Crippen molar-refractivity contribution in [1.82, 2.24) is 4.90 Å². The molecule has 0 radical (unpaired) electrons. The van der Waals surface area contributed by atoms with Crippen molar-refractivity contribution in [3.05, 3.63) is 71.3 Å². The minimum atomic E-state index is 0.964. The first-order chi connectivity index (χ1) is 10.8. The molecule has 0 N–H and O–H groups in total. The molecule has 1 aliphatic heterocycles. The van der Waals surface area contributed by atoms with Gasteiger partial charge in [-0.25, -0.2) is 0 Å². The van der Waals surface area contributed by atoms with Crippen LogP contribution in [0.3, 0.4) is 0 Å². The largest absolute Gasteiger partial charge is 0.496 e. The third kappa shape index (κ3) is 3.40. The zero-order valence-corrected chi connectivity index (χ0v) is 13.4. The van der Waals surface area contributed by atoms with E-state index in [0.29, 0.717) is 0 Å². The summed E-state index contributed by atoms with van der Waals surface area (Å²) in [6, 6.07) is 17.2. The van der Waals surface area contributed by atoms with Gasteiger partial charge < -0.3 is 4.74 Å². The van der Waals surface area contributed by atoms with Crippen LogP contribution in [0.2, 0.25) is 0 Å². The third-order valence-electron chi connectivity index (χ3n) is 4.31. The van der Waals surface area contributed by atoms with E-state index < -0.39 is 0 Å². The van der Waals surface area contributed by atoms with Crippen molar-refractivity contribution in [2.45, 2.75) is 19.9 Å². The maximum atomic E-state index is 5.34. The van der Waals surface area contributed by atoms with Crippen LogP contribution in [0.1, 0.15) is 23.1 Å². The zero-order chi connectivity index (χ0) is 15.4. The lowest BCUT2D eigenvalue weighted by molar-refractivity contribution is 0.294. The van der Waals surface area contributed by atoms with Crippen molar-refractivity contribution in [1.29, 1.82) is 0 Å². The van der Waals surface area contributed by atoms with E-state index >= 15 is 0 Å². The van der Waals surface area contributed by atoms with Crippen LogP contribution in [-0.4, -0.2) is 25.1 Å². The number of methoxy groups -OCH3 is 1. The molecule has 0 saturated heterocycles. The topological polar surface area (TPSA) is 12.5 Å². The Morgan fingerprint density at radius 3 is 2.55 bits per heavy atom. The van der Waals surface area contributed by atoms with E-state index in [4.69, 9.17) is 4.74 Å². The molecule has 0 aromatic heterocycles. The predicted molar refractivity (Wildman–Crippen MR) is 92.0 cm³/mol. The van der Waals surface area contributed by atoms with Crippen molar-refractivity contribution < 1.29 is 4.74 Å². The molecule has 0 atom stereocenters. The van der Waals surface area contributed by atoms with E-state index in [1.54, 1.807) is 7.11 Å². The number of aryl methyl sites for hydroxylation is 1. The van der Waals surface area contributed by atoms with Gasteiger partial charge in [0.1, 0.15) is 5.75 Å². The third-order valence-corrected chi connectivity index (χ3v) is 4.31. The van der Waals surface area contributed by atoms with E-state index in [9.17, 15) is 0 Å². The fourth-order valence-electron chi connectivity index (χ4n) is 3.04. The maximum Gasteiger partial charge on any atom is 0.121 e. The van der Waals surface area contributed by atoms with Crippen LogP contribution in [0.4, 0.5) is 0 Å². The number of hydrogen-bond acceptors (Lipinski definition) is 2. The fraction of sp³-hybridized carbons (Fsp3) is 0.300. The number of hydrogen-bond donors (Lipinski definition) is 0. The normalized spacial score (nSPS) is 15.5. The second kappa shape index (κ2) is 6.80. The minimum Gasteiger partial charge on any atom is -0.496 e. The van der Waals surface area contributed by atoms with Gasteiger partial charge in [0.05, 0.1) is 7.11 Å². The Bertz CT molecular complexity index is 661. The minimum absolute atomic E-state index is 0.964. The zero-order valence-electron chi connectivity index (χ0n) is 13.4. The van der Waals surface area contributed by atoms with E-state index in [1.165, 1.54) is 22.3 Å². The highest BCUT2D eigenvalue weighted by atomic mass is 16.5. The lowest BCUT2D eigenvalue weighted by Crippen LogP contribution is -2.27. The maximum absolute atomic E-state index is 5.34. The summed E-state index contributed by atoms with van der Waals surface area (Å²) in [6.07, 6.45) is 3.48. The van der Waals surface area contributed by atoms with Crippen LogP contribution in [0.25, 0.3) is 5.57 Å². The van der Waals surface area contributed by atoms with Crippen molar-refractivity contribution in [3.63, 3.8) is 0 Å². The highest BCUT2D eigenvalue weighted by molar-refractivity contribution is 5.68. The molecule has 0 amide bonds. The molecule has 1 heterocycles. The summed E-state index contributed by atoms with van der Waals surface area (Å²) in [4.78, 5) is 2.50. The van der Waals surface area contributed by atoms with Gasteiger partial charge in [0.15, 0.2) is 0 Å². The highest BCUT2D eigenvalue weighted by Gasteiger charge is 2.13.